The molecule has 1 unspecified atom stereocenters. The van der Waals surface area contributed by atoms with Gasteiger partial charge in [-0.3, -0.25) is 0 Å². The Morgan fingerprint density at radius 1 is 1.50 bits per heavy atom. The van der Waals surface area contributed by atoms with Gasteiger partial charge in [0.15, 0.2) is 5.11 Å². The molecule has 0 aromatic carbocycles. The standard InChI is InChI=1S/C18H26N2O2S2/c1-6-9-19-17(23)20-15-14(16(21)22-5)12-8-7-11(18(2,3)4)10-13(12)24-15/h6,11H,1,7-10H2,2-5H3,(H2,19,20,23). The minimum atomic E-state index is -0.296. The number of anilines is 1. The zero-order valence-electron chi connectivity index (χ0n) is 14.8. The number of hydrogen-bond donors (Lipinski definition) is 2. The number of methoxy groups -OCH3 is 1. The van der Waals surface area contributed by atoms with Gasteiger partial charge in [0.25, 0.3) is 0 Å². The van der Waals surface area contributed by atoms with Crippen LogP contribution in [-0.4, -0.2) is 24.7 Å². The highest BCUT2D eigenvalue weighted by atomic mass is 32.1. The molecule has 0 spiro atoms. The summed E-state index contributed by atoms with van der Waals surface area (Å²) >= 11 is 6.91. The summed E-state index contributed by atoms with van der Waals surface area (Å²) in [5.41, 5.74) is 2.04. The Balaban J connectivity index is 2.31. The molecule has 1 aliphatic carbocycles. The van der Waals surface area contributed by atoms with Crippen LogP contribution in [-0.2, 0) is 17.6 Å². The van der Waals surface area contributed by atoms with E-state index in [-0.39, 0.29) is 11.4 Å². The van der Waals surface area contributed by atoms with Crippen molar-refractivity contribution in [1.82, 2.24) is 5.32 Å². The highest BCUT2D eigenvalue weighted by Gasteiger charge is 2.34. The zero-order valence-corrected chi connectivity index (χ0v) is 16.5. The number of ether oxygens (including phenoxy) is 1. The van der Waals surface area contributed by atoms with Gasteiger partial charge < -0.3 is 15.4 Å². The van der Waals surface area contributed by atoms with Crippen LogP contribution in [0.25, 0.3) is 0 Å². The first-order chi connectivity index (χ1) is 11.3. The molecule has 0 saturated carbocycles. The lowest BCUT2D eigenvalue weighted by Gasteiger charge is -2.33. The highest BCUT2D eigenvalue weighted by Crippen LogP contribution is 2.44. The van der Waals surface area contributed by atoms with Crippen LogP contribution >= 0.6 is 23.6 Å². The molecule has 4 nitrogen and oxygen atoms in total. The van der Waals surface area contributed by atoms with E-state index in [0.29, 0.717) is 23.1 Å². The summed E-state index contributed by atoms with van der Waals surface area (Å²) in [5.74, 6) is 0.323. The Morgan fingerprint density at radius 3 is 2.79 bits per heavy atom. The maximum atomic E-state index is 12.3. The van der Waals surface area contributed by atoms with Gasteiger partial charge in [0.2, 0.25) is 0 Å². The summed E-state index contributed by atoms with van der Waals surface area (Å²) < 4.78 is 5.01. The van der Waals surface area contributed by atoms with Crippen molar-refractivity contribution in [2.45, 2.75) is 40.0 Å². The molecule has 0 fully saturated rings. The van der Waals surface area contributed by atoms with Crippen LogP contribution in [0, 0.1) is 11.3 Å². The van der Waals surface area contributed by atoms with Crippen molar-refractivity contribution >= 4 is 39.6 Å². The predicted molar refractivity (Wildman–Crippen MR) is 105 cm³/mol. The third-order valence-corrected chi connectivity index (χ3v) is 5.93. The predicted octanol–water partition coefficient (Wildman–Crippen LogP) is 4.16. The lowest BCUT2D eigenvalue weighted by Crippen LogP contribution is -2.28. The van der Waals surface area contributed by atoms with Crippen molar-refractivity contribution in [3.8, 4) is 0 Å². The third kappa shape index (κ3) is 4.16. The van der Waals surface area contributed by atoms with Gasteiger partial charge in [-0.2, -0.15) is 0 Å². The number of carbonyl (C=O) groups excluding carboxylic acids is 1. The van der Waals surface area contributed by atoms with Crippen molar-refractivity contribution in [3.63, 3.8) is 0 Å². The molecule has 0 bridgehead atoms. The summed E-state index contributed by atoms with van der Waals surface area (Å²) in [6, 6.07) is 0. The highest BCUT2D eigenvalue weighted by molar-refractivity contribution is 7.80. The molecule has 1 aromatic heterocycles. The second kappa shape index (κ2) is 7.66. The Bertz CT molecular complexity index is 644. The quantitative estimate of drug-likeness (QED) is 0.476. The van der Waals surface area contributed by atoms with Crippen LogP contribution in [0.1, 0.15) is 48.0 Å². The molecule has 132 valence electrons. The van der Waals surface area contributed by atoms with Gasteiger partial charge in [-0.15, -0.1) is 17.9 Å². The summed E-state index contributed by atoms with van der Waals surface area (Å²) in [7, 11) is 1.42. The van der Waals surface area contributed by atoms with Crippen molar-refractivity contribution in [1.29, 1.82) is 0 Å². The topological polar surface area (TPSA) is 50.4 Å². The van der Waals surface area contributed by atoms with Crippen LogP contribution in [0.4, 0.5) is 5.00 Å². The average Bonchev–Trinajstić information content (AvgIpc) is 2.88. The molecule has 0 amide bonds. The van der Waals surface area contributed by atoms with E-state index in [1.165, 1.54) is 12.0 Å². The van der Waals surface area contributed by atoms with Crippen LogP contribution in [0.5, 0.6) is 0 Å². The van der Waals surface area contributed by atoms with Crippen LogP contribution in [0.15, 0.2) is 12.7 Å². The summed E-state index contributed by atoms with van der Waals surface area (Å²) in [6.07, 6.45) is 4.74. The largest absolute Gasteiger partial charge is 0.465 e. The second-order valence-corrected chi connectivity index (χ2v) is 8.64. The molecule has 2 N–H and O–H groups in total. The molecule has 6 heteroatoms. The van der Waals surface area contributed by atoms with Gasteiger partial charge in [0.05, 0.1) is 12.7 Å². The molecule has 0 saturated heterocycles. The molecular formula is C18H26N2O2S2. The van der Waals surface area contributed by atoms with Crippen LogP contribution in [0.3, 0.4) is 0 Å². The molecule has 1 heterocycles. The van der Waals surface area contributed by atoms with Gasteiger partial charge in [-0.1, -0.05) is 26.8 Å². The Hall–Kier alpha value is -1.40. The number of rotatable bonds is 4. The summed E-state index contributed by atoms with van der Waals surface area (Å²) in [4.78, 5) is 13.6. The smallest absolute Gasteiger partial charge is 0.341 e. The first-order valence-corrected chi connectivity index (χ1v) is 9.39. The van der Waals surface area contributed by atoms with E-state index in [9.17, 15) is 4.79 Å². The summed E-state index contributed by atoms with van der Waals surface area (Å²) in [5, 5.41) is 7.47. The fourth-order valence-electron chi connectivity index (χ4n) is 3.04. The number of thiophene rings is 1. The SMILES string of the molecule is C=CCNC(=S)Nc1sc2c(c1C(=O)OC)CCC(C(C)(C)C)C2. The first kappa shape index (κ1) is 18.9. The van der Waals surface area contributed by atoms with Gasteiger partial charge >= 0.3 is 5.97 Å². The van der Waals surface area contributed by atoms with Crippen molar-refractivity contribution in [2.75, 3.05) is 19.0 Å². The molecule has 1 aromatic rings. The van der Waals surface area contributed by atoms with E-state index in [1.54, 1.807) is 17.4 Å². The third-order valence-electron chi connectivity index (χ3n) is 4.51. The van der Waals surface area contributed by atoms with Gasteiger partial charge in [-0.05, 0) is 48.4 Å². The minimum Gasteiger partial charge on any atom is -0.465 e. The van der Waals surface area contributed by atoms with E-state index < -0.39 is 0 Å². The lowest BCUT2D eigenvalue weighted by molar-refractivity contribution is 0.0600. The van der Waals surface area contributed by atoms with E-state index in [2.05, 4.69) is 38.0 Å². The van der Waals surface area contributed by atoms with E-state index in [1.807, 2.05) is 0 Å². The van der Waals surface area contributed by atoms with E-state index >= 15 is 0 Å². The molecule has 0 aliphatic heterocycles. The molecule has 2 rings (SSSR count). The Labute approximate surface area is 153 Å². The normalized spacial score (nSPS) is 16.9. The van der Waals surface area contributed by atoms with E-state index in [4.69, 9.17) is 17.0 Å². The van der Waals surface area contributed by atoms with Gasteiger partial charge in [-0.25, -0.2) is 4.79 Å². The molecule has 1 atom stereocenters. The molecule has 1 aliphatic rings. The Kier molecular flexibility index (Phi) is 6.04. The lowest BCUT2D eigenvalue weighted by atomic mass is 9.72. The number of esters is 1. The molecule has 24 heavy (non-hydrogen) atoms. The number of fused-ring (bicyclic) bond motifs is 1. The van der Waals surface area contributed by atoms with Gasteiger partial charge in [0, 0.05) is 11.4 Å². The van der Waals surface area contributed by atoms with Crippen LogP contribution in [0.2, 0.25) is 0 Å². The fraction of sp³-hybridized carbons (Fsp3) is 0.556. The first-order valence-electron chi connectivity index (χ1n) is 8.16. The number of nitrogens with one attached hydrogen (secondary N) is 2. The molecular weight excluding hydrogens is 340 g/mol. The summed E-state index contributed by atoms with van der Waals surface area (Å²) in [6.45, 7) is 11.1. The fourth-order valence-corrected chi connectivity index (χ4v) is 4.61. The average molecular weight is 367 g/mol. The zero-order chi connectivity index (χ0) is 17.9. The van der Waals surface area contributed by atoms with E-state index in [0.717, 1.165) is 29.8 Å². The number of hydrogen-bond acceptors (Lipinski definition) is 4. The van der Waals surface area contributed by atoms with Gasteiger partial charge in [0.1, 0.15) is 5.00 Å². The number of thiocarbonyl (C=S) groups is 1. The maximum Gasteiger partial charge on any atom is 0.341 e. The van der Waals surface area contributed by atoms with Crippen LogP contribution < -0.4 is 10.6 Å². The maximum absolute atomic E-state index is 12.3. The van der Waals surface area contributed by atoms with Crippen molar-refractivity contribution in [2.24, 2.45) is 11.3 Å². The molecule has 0 radical (unpaired) electrons. The van der Waals surface area contributed by atoms with Crippen molar-refractivity contribution < 1.29 is 9.53 Å². The second-order valence-electron chi connectivity index (χ2n) is 7.13. The monoisotopic (exact) mass is 366 g/mol. The number of carbonyl (C=O) groups is 1. The van der Waals surface area contributed by atoms with Crippen molar-refractivity contribution in [3.05, 3.63) is 28.7 Å². The Morgan fingerprint density at radius 2 is 2.21 bits per heavy atom. The minimum absolute atomic E-state index is 0.265.